The number of hydrogen-bond donors (Lipinski definition) is 4. The van der Waals surface area contributed by atoms with Crippen molar-refractivity contribution in [1.82, 2.24) is 10.2 Å². The molecule has 4 N–H and O–H groups in total. The van der Waals surface area contributed by atoms with Crippen LogP contribution in [0.3, 0.4) is 0 Å². The zero-order valence-corrected chi connectivity index (χ0v) is 8.01. The summed E-state index contributed by atoms with van der Waals surface area (Å²) in [7, 11) is 1.30. The molecule has 0 aromatic heterocycles. The molecule has 8 heteroatoms. The van der Waals surface area contributed by atoms with Crippen molar-refractivity contribution >= 4 is 17.9 Å². The number of nitrogens with zero attached hydrogens (tertiary/aromatic N) is 1. The van der Waals surface area contributed by atoms with Crippen molar-refractivity contribution < 1.29 is 29.7 Å². The van der Waals surface area contributed by atoms with E-state index in [9.17, 15) is 14.4 Å². The number of hydrogen-bond acceptors (Lipinski definition) is 5. The summed E-state index contributed by atoms with van der Waals surface area (Å²) in [6.45, 7) is -1.33. The van der Waals surface area contributed by atoms with Gasteiger partial charge in [-0.05, 0) is 7.05 Å². The van der Waals surface area contributed by atoms with Crippen LogP contribution in [0.5, 0.6) is 0 Å². The van der Waals surface area contributed by atoms with E-state index in [2.05, 4.69) is 5.32 Å². The van der Waals surface area contributed by atoms with Gasteiger partial charge in [-0.2, -0.15) is 0 Å². The van der Waals surface area contributed by atoms with E-state index in [-0.39, 0.29) is 0 Å². The Labute approximate surface area is 85.1 Å². The molecule has 1 atom stereocenters. The van der Waals surface area contributed by atoms with Crippen molar-refractivity contribution in [1.29, 1.82) is 0 Å². The van der Waals surface area contributed by atoms with E-state index >= 15 is 0 Å². The van der Waals surface area contributed by atoms with Crippen LogP contribution < -0.4 is 5.32 Å². The monoisotopic (exact) mass is 220 g/mol. The van der Waals surface area contributed by atoms with Gasteiger partial charge in [-0.3, -0.25) is 19.8 Å². The first-order valence-corrected chi connectivity index (χ1v) is 3.96. The Bertz CT molecular complexity index is 250. The van der Waals surface area contributed by atoms with Gasteiger partial charge in [-0.25, -0.2) is 4.79 Å². The van der Waals surface area contributed by atoms with Crippen molar-refractivity contribution in [3.63, 3.8) is 0 Å². The molecule has 0 aliphatic rings. The third-order valence-corrected chi connectivity index (χ3v) is 1.55. The van der Waals surface area contributed by atoms with Crippen LogP contribution in [0.2, 0.25) is 0 Å². The molecule has 0 radical (unpaired) electrons. The van der Waals surface area contributed by atoms with Gasteiger partial charge >= 0.3 is 17.9 Å². The summed E-state index contributed by atoms with van der Waals surface area (Å²) in [5.41, 5.74) is 0. The fraction of sp³-hybridized carbons (Fsp3) is 0.571. The van der Waals surface area contributed by atoms with Crippen molar-refractivity contribution in [2.24, 2.45) is 0 Å². The van der Waals surface area contributed by atoms with Gasteiger partial charge in [-0.1, -0.05) is 0 Å². The summed E-state index contributed by atoms with van der Waals surface area (Å²) >= 11 is 0. The molecule has 0 aliphatic heterocycles. The molecular weight excluding hydrogens is 208 g/mol. The molecule has 0 aromatic carbocycles. The number of carbonyl (C=O) groups is 3. The molecule has 8 nitrogen and oxygen atoms in total. The summed E-state index contributed by atoms with van der Waals surface area (Å²) in [5, 5.41) is 27.9. The van der Waals surface area contributed by atoms with Gasteiger partial charge in [0.1, 0.15) is 0 Å². The Hall–Kier alpha value is -1.67. The van der Waals surface area contributed by atoms with Crippen LogP contribution in [0, 0.1) is 0 Å². The van der Waals surface area contributed by atoms with Crippen LogP contribution in [-0.2, 0) is 14.4 Å². The van der Waals surface area contributed by atoms with E-state index in [0.29, 0.717) is 0 Å². The standard InChI is InChI=1S/C7H12N2O6/c1-8-6(7(14)15)9(2-4(10)11)3-5(12)13/h6,8H,2-3H2,1H3,(H,10,11)(H,12,13)(H,14,15). The predicted molar refractivity (Wildman–Crippen MR) is 47.3 cm³/mol. The SMILES string of the molecule is CNC(C(=O)O)N(CC(=O)O)CC(=O)O. The van der Waals surface area contributed by atoms with Crippen molar-refractivity contribution in [2.75, 3.05) is 20.1 Å². The summed E-state index contributed by atoms with van der Waals surface area (Å²) in [6.07, 6.45) is -1.34. The number of rotatable bonds is 7. The van der Waals surface area contributed by atoms with Gasteiger partial charge in [0.2, 0.25) is 0 Å². The highest BCUT2D eigenvalue weighted by Crippen LogP contribution is 1.96. The molecule has 0 spiro atoms. The highest BCUT2D eigenvalue weighted by molar-refractivity contribution is 5.77. The van der Waals surface area contributed by atoms with Crippen LogP contribution in [-0.4, -0.2) is 64.4 Å². The Morgan fingerprint density at radius 3 is 1.73 bits per heavy atom. The van der Waals surface area contributed by atoms with Gasteiger partial charge in [0.05, 0.1) is 13.1 Å². The first-order valence-electron chi connectivity index (χ1n) is 3.96. The van der Waals surface area contributed by atoms with Gasteiger partial charge in [-0.15, -0.1) is 0 Å². The summed E-state index contributed by atoms with van der Waals surface area (Å²) < 4.78 is 0. The van der Waals surface area contributed by atoms with E-state index in [4.69, 9.17) is 15.3 Å². The molecule has 0 aliphatic carbocycles. The topological polar surface area (TPSA) is 127 Å². The molecule has 86 valence electrons. The maximum atomic E-state index is 10.6. The first kappa shape index (κ1) is 13.3. The van der Waals surface area contributed by atoms with Gasteiger partial charge in [0.25, 0.3) is 0 Å². The maximum absolute atomic E-state index is 10.6. The minimum Gasteiger partial charge on any atom is -0.480 e. The maximum Gasteiger partial charge on any atom is 0.335 e. The molecule has 0 fully saturated rings. The molecule has 0 amide bonds. The minimum atomic E-state index is -1.34. The second-order valence-corrected chi connectivity index (χ2v) is 2.72. The van der Waals surface area contributed by atoms with Gasteiger partial charge < -0.3 is 15.3 Å². The summed E-state index contributed by atoms with van der Waals surface area (Å²) in [4.78, 5) is 32.2. The molecular formula is C7H12N2O6. The molecule has 0 saturated heterocycles. The van der Waals surface area contributed by atoms with E-state index in [1.165, 1.54) is 7.05 Å². The lowest BCUT2D eigenvalue weighted by molar-refractivity contribution is -0.150. The highest BCUT2D eigenvalue weighted by atomic mass is 16.4. The Balaban J connectivity index is 4.64. The smallest absolute Gasteiger partial charge is 0.335 e. The molecule has 0 aromatic rings. The minimum absolute atomic E-state index is 0.663. The van der Waals surface area contributed by atoms with Crippen LogP contribution in [0.1, 0.15) is 0 Å². The van der Waals surface area contributed by atoms with E-state index in [0.717, 1.165) is 4.90 Å². The second kappa shape index (κ2) is 5.94. The van der Waals surface area contributed by atoms with Crippen LogP contribution in [0.15, 0.2) is 0 Å². The van der Waals surface area contributed by atoms with Crippen LogP contribution >= 0.6 is 0 Å². The summed E-state index contributed by atoms with van der Waals surface area (Å²) in [6, 6.07) is 0. The fourth-order valence-corrected chi connectivity index (χ4v) is 1.05. The molecule has 0 rings (SSSR count). The molecule has 0 heterocycles. The second-order valence-electron chi connectivity index (χ2n) is 2.72. The molecule has 15 heavy (non-hydrogen) atoms. The van der Waals surface area contributed by atoms with Crippen molar-refractivity contribution in [2.45, 2.75) is 6.17 Å². The zero-order chi connectivity index (χ0) is 12.0. The largest absolute Gasteiger partial charge is 0.480 e. The third kappa shape index (κ3) is 4.93. The van der Waals surface area contributed by atoms with Crippen molar-refractivity contribution in [3.05, 3.63) is 0 Å². The first-order chi connectivity index (χ1) is 6.88. The van der Waals surface area contributed by atoms with Crippen LogP contribution in [0.4, 0.5) is 0 Å². The number of carboxylic acid groups (broad SMARTS) is 3. The third-order valence-electron chi connectivity index (χ3n) is 1.55. The van der Waals surface area contributed by atoms with E-state index in [1.54, 1.807) is 0 Å². The zero-order valence-electron chi connectivity index (χ0n) is 8.01. The van der Waals surface area contributed by atoms with E-state index < -0.39 is 37.2 Å². The molecule has 0 bridgehead atoms. The summed E-state index contributed by atoms with van der Waals surface area (Å²) in [5.74, 6) is -3.92. The van der Waals surface area contributed by atoms with Gasteiger partial charge in [0.15, 0.2) is 6.17 Å². The normalized spacial score (nSPS) is 12.4. The fourth-order valence-electron chi connectivity index (χ4n) is 1.05. The lowest BCUT2D eigenvalue weighted by atomic mass is 10.3. The lowest BCUT2D eigenvalue weighted by Crippen LogP contribution is -2.53. The lowest BCUT2D eigenvalue weighted by Gasteiger charge is -2.24. The Morgan fingerprint density at radius 2 is 1.53 bits per heavy atom. The average molecular weight is 220 g/mol. The van der Waals surface area contributed by atoms with Crippen LogP contribution in [0.25, 0.3) is 0 Å². The number of likely N-dealkylation sites (N-methyl/N-ethyl adjacent to an activating group) is 1. The Morgan fingerprint density at radius 1 is 1.13 bits per heavy atom. The van der Waals surface area contributed by atoms with Crippen molar-refractivity contribution in [3.8, 4) is 0 Å². The predicted octanol–water partition coefficient (Wildman–Crippen LogP) is -1.91. The number of aliphatic carboxylic acids is 3. The van der Waals surface area contributed by atoms with E-state index in [1.807, 2.05) is 0 Å². The Kier molecular flexibility index (Phi) is 5.27. The molecule has 0 saturated carbocycles. The van der Waals surface area contributed by atoms with Gasteiger partial charge in [0, 0.05) is 0 Å². The molecule has 1 unspecified atom stereocenters. The quantitative estimate of drug-likeness (QED) is 0.366. The highest BCUT2D eigenvalue weighted by Gasteiger charge is 2.27. The number of carboxylic acids is 3. The number of nitrogens with one attached hydrogen (secondary N) is 1. The average Bonchev–Trinajstić information content (AvgIpc) is 2.01.